The number of nitrogens with two attached hydrogens (primary N) is 1. The number of halogens is 1. The third-order valence-corrected chi connectivity index (χ3v) is 4.85. The maximum Gasteiger partial charge on any atom is 0.275 e. The third-order valence-electron chi connectivity index (χ3n) is 3.74. The van der Waals surface area contributed by atoms with Crippen molar-refractivity contribution >= 4 is 34.1 Å². The van der Waals surface area contributed by atoms with Crippen molar-refractivity contribution < 1.29 is 38.7 Å². The molecule has 0 aliphatic heterocycles. The number of aliphatic hydroxyl groups is 5. The number of carbonyl (C=O) groups excluding carboxylic acids is 1. The molecule has 0 heterocycles. The van der Waals surface area contributed by atoms with Crippen molar-refractivity contribution in [2.45, 2.75) is 29.3 Å². The van der Waals surface area contributed by atoms with Crippen LogP contribution < -0.4 is 11.2 Å². The summed E-state index contributed by atoms with van der Waals surface area (Å²) in [7, 11) is -3.58. The van der Waals surface area contributed by atoms with Gasteiger partial charge >= 0.3 is 0 Å². The fourth-order valence-corrected chi connectivity index (χ4v) is 2.79. The van der Waals surface area contributed by atoms with Crippen molar-refractivity contribution in [2.75, 3.05) is 19.4 Å². The summed E-state index contributed by atoms with van der Waals surface area (Å²) in [6.45, 7) is -1.43. The first-order chi connectivity index (χ1) is 12.9. The van der Waals surface area contributed by atoms with Gasteiger partial charge in [-0.3, -0.25) is 10.2 Å². The number of amides is 1. The molecule has 1 aromatic rings. The molecule has 0 aliphatic carbocycles. The highest BCUT2D eigenvalue weighted by Crippen LogP contribution is 2.13. The second kappa shape index (κ2) is 11.4. The highest BCUT2D eigenvalue weighted by molar-refractivity contribution is 7.90. The average Bonchev–Trinajstić information content (AvgIpc) is 2.64. The van der Waals surface area contributed by atoms with Gasteiger partial charge in [0.15, 0.2) is 9.84 Å². The quantitative estimate of drug-likeness (QED) is 0.105. The molecule has 0 unspecified atom stereocenters. The van der Waals surface area contributed by atoms with E-state index >= 15 is 0 Å². The monoisotopic (exact) mass is 456 g/mol. The number of sulfone groups is 1. The zero-order valence-electron chi connectivity index (χ0n) is 15.3. The van der Waals surface area contributed by atoms with Crippen LogP contribution in [-0.2, 0) is 9.84 Å². The Bertz CT molecular complexity index is 809. The van der Waals surface area contributed by atoms with Crippen LogP contribution in [0.5, 0.6) is 0 Å². The molecule has 1 amide bonds. The number of rotatable bonds is 9. The summed E-state index contributed by atoms with van der Waals surface area (Å²) in [6.07, 6.45) is -6.20. The van der Waals surface area contributed by atoms with E-state index in [1.807, 2.05) is 0 Å². The molecule has 0 aromatic heterocycles. The zero-order valence-corrected chi connectivity index (χ0v) is 17.0. The summed E-state index contributed by atoms with van der Waals surface area (Å²) in [4.78, 5) is 12.4. The first-order valence-electron chi connectivity index (χ1n) is 7.95. The number of nitrogens with zero attached hydrogens (tertiary/aromatic N) is 1. The number of hydrogen-bond acceptors (Lipinski definition) is 10. The molecule has 0 aliphatic rings. The molecule has 4 atom stereocenters. The van der Waals surface area contributed by atoms with Crippen molar-refractivity contribution in [2.24, 2.45) is 5.73 Å². The fraction of sp³-hybridized carbons (Fsp3) is 0.467. The normalized spacial score (nSPS) is 15.5. The number of nitrogens with one attached hydrogen (secondary N) is 2. The smallest absolute Gasteiger partial charge is 0.275 e. The molecule has 29 heavy (non-hydrogen) atoms. The molecule has 0 spiro atoms. The van der Waals surface area contributed by atoms with Crippen LogP contribution in [0.25, 0.3) is 0 Å². The average molecular weight is 457 g/mol. The molecule has 14 heteroatoms. The first-order valence-corrected chi connectivity index (χ1v) is 9.84. The summed E-state index contributed by atoms with van der Waals surface area (Å²) in [5.41, 5.74) is 7.51. The van der Waals surface area contributed by atoms with E-state index < -0.39 is 59.3 Å². The van der Waals surface area contributed by atoms with Crippen molar-refractivity contribution in [3.05, 3.63) is 29.8 Å². The lowest BCUT2D eigenvalue weighted by Crippen LogP contribution is -2.55. The van der Waals surface area contributed by atoms with Crippen LogP contribution in [0.1, 0.15) is 10.4 Å². The van der Waals surface area contributed by atoms with Gasteiger partial charge < -0.3 is 31.3 Å². The van der Waals surface area contributed by atoms with Crippen molar-refractivity contribution in [1.29, 1.82) is 5.41 Å². The van der Waals surface area contributed by atoms with Gasteiger partial charge in [-0.1, -0.05) is 6.07 Å². The lowest BCUT2D eigenvalue weighted by Gasteiger charge is -2.28. The highest BCUT2D eigenvalue weighted by atomic mass is 35.5. The SMILES string of the molecule is CS(=O)(=O)c1cccc(C(=O)N(NC[C@@H](O)[C@@H](O)[C@H](O)[C@H](O)CO)C(=N)N)c1.Cl. The van der Waals surface area contributed by atoms with Gasteiger partial charge in [0.05, 0.1) is 17.6 Å². The van der Waals surface area contributed by atoms with E-state index in [2.05, 4.69) is 5.43 Å². The Balaban J connectivity index is 0.00000784. The van der Waals surface area contributed by atoms with Crippen LogP contribution in [0.4, 0.5) is 0 Å². The second-order valence-corrected chi connectivity index (χ2v) is 8.00. The molecule has 0 bridgehead atoms. The maximum absolute atomic E-state index is 12.5. The number of guanidine groups is 1. The van der Waals surface area contributed by atoms with Crippen LogP contribution >= 0.6 is 12.4 Å². The molecule has 0 saturated carbocycles. The minimum atomic E-state index is -3.58. The van der Waals surface area contributed by atoms with E-state index in [4.69, 9.17) is 16.2 Å². The topological polar surface area (TPSA) is 218 Å². The van der Waals surface area contributed by atoms with E-state index in [1.165, 1.54) is 18.2 Å². The van der Waals surface area contributed by atoms with Crippen LogP contribution in [0.2, 0.25) is 0 Å². The molecule has 0 saturated heterocycles. The van der Waals surface area contributed by atoms with E-state index in [1.54, 1.807) is 0 Å². The Hall–Kier alpha value is -1.84. The number of benzene rings is 1. The molecule has 0 fully saturated rings. The van der Waals surface area contributed by atoms with Gasteiger partial charge in [-0.2, -0.15) is 0 Å². The molecular weight excluding hydrogens is 432 g/mol. The largest absolute Gasteiger partial charge is 0.394 e. The van der Waals surface area contributed by atoms with Crippen molar-refractivity contribution in [1.82, 2.24) is 10.4 Å². The van der Waals surface area contributed by atoms with E-state index in [0.29, 0.717) is 5.01 Å². The standard InChI is InChI=1S/C15H24N4O8S.ClH/c1-28(26,27)9-4-2-3-8(5-9)14(25)19(15(16)17)18-6-10(21)12(23)13(24)11(22)7-20;/h2-5,10-13,18,20-24H,6-7H2,1H3,(H3,16,17);1H/t10-,11-,12-,13-;/m1./s1. The molecule has 9 N–H and O–H groups in total. The third kappa shape index (κ3) is 7.49. The van der Waals surface area contributed by atoms with Gasteiger partial charge in [0.2, 0.25) is 5.96 Å². The fourth-order valence-electron chi connectivity index (χ4n) is 2.12. The Morgan fingerprint density at radius 3 is 2.24 bits per heavy atom. The van der Waals surface area contributed by atoms with E-state index in [-0.39, 0.29) is 22.9 Å². The number of hydrogen-bond donors (Lipinski definition) is 8. The lowest BCUT2D eigenvalue weighted by molar-refractivity contribution is -0.115. The van der Waals surface area contributed by atoms with Crippen molar-refractivity contribution in [3.8, 4) is 0 Å². The summed E-state index contributed by atoms with van der Waals surface area (Å²) in [6, 6.07) is 4.99. The number of carbonyl (C=O) groups is 1. The van der Waals surface area contributed by atoms with Gasteiger partial charge in [-0.15, -0.1) is 12.4 Å². The second-order valence-electron chi connectivity index (χ2n) is 5.99. The van der Waals surface area contributed by atoms with Gasteiger partial charge in [-0.25, -0.2) is 18.9 Å². The zero-order chi connectivity index (χ0) is 21.6. The predicted octanol–water partition coefficient (Wildman–Crippen LogP) is -3.21. The maximum atomic E-state index is 12.5. The van der Waals surface area contributed by atoms with Gasteiger partial charge in [0.1, 0.15) is 18.3 Å². The molecule has 166 valence electrons. The van der Waals surface area contributed by atoms with Gasteiger partial charge in [0, 0.05) is 18.4 Å². The van der Waals surface area contributed by atoms with Gasteiger partial charge in [0.25, 0.3) is 5.91 Å². The minimum absolute atomic E-state index is 0. The number of aliphatic hydroxyl groups excluding tert-OH is 5. The summed E-state index contributed by atoms with van der Waals surface area (Å²) < 4.78 is 23.2. The summed E-state index contributed by atoms with van der Waals surface area (Å²) in [5.74, 6) is -1.69. The van der Waals surface area contributed by atoms with E-state index in [0.717, 1.165) is 12.3 Å². The molecule has 12 nitrogen and oxygen atoms in total. The highest BCUT2D eigenvalue weighted by Gasteiger charge is 2.31. The molecule has 1 aromatic carbocycles. The summed E-state index contributed by atoms with van der Waals surface area (Å²) in [5, 5.41) is 55.2. The number of hydrazine groups is 1. The van der Waals surface area contributed by atoms with Crippen LogP contribution in [-0.4, -0.2) is 94.6 Å². The van der Waals surface area contributed by atoms with Crippen LogP contribution in [0.3, 0.4) is 0 Å². The van der Waals surface area contributed by atoms with Crippen LogP contribution in [0, 0.1) is 5.41 Å². The predicted molar refractivity (Wildman–Crippen MR) is 104 cm³/mol. The van der Waals surface area contributed by atoms with Crippen LogP contribution in [0.15, 0.2) is 29.2 Å². The molecule has 1 rings (SSSR count). The Morgan fingerprint density at radius 2 is 1.76 bits per heavy atom. The minimum Gasteiger partial charge on any atom is -0.394 e. The van der Waals surface area contributed by atoms with Crippen molar-refractivity contribution in [3.63, 3.8) is 0 Å². The Kier molecular flexibility index (Phi) is 10.7. The first kappa shape index (κ1) is 27.2. The Morgan fingerprint density at radius 1 is 1.21 bits per heavy atom. The Labute approximate surface area is 173 Å². The van der Waals surface area contributed by atoms with Gasteiger partial charge in [-0.05, 0) is 18.2 Å². The molecule has 0 radical (unpaired) electrons. The molecular formula is C15H25ClN4O8S. The summed E-state index contributed by atoms with van der Waals surface area (Å²) >= 11 is 0. The van der Waals surface area contributed by atoms with E-state index in [9.17, 15) is 33.6 Å². The lowest BCUT2D eigenvalue weighted by atomic mass is 10.0.